The lowest BCUT2D eigenvalue weighted by atomic mass is 9.95. The monoisotopic (exact) mass is 487 g/mol. The van der Waals surface area contributed by atoms with E-state index in [-0.39, 0.29) is 11.3 Å². The number of carbonyl (C=O) groups is 2. The van der Waals surface area contributed by atoms with E-state index in [4.69, 9.17) is 14.2 Å². The number of aliphatic hydroxyl groups excluding tert-OH is 1. The second-order valence-corrected chi connectivity index (χ2v) is 8.06. The second kappa shape index (κ2) is 11.0. The Balaban J connectivity index is 1.88. The maximum Gasteiger partial charge on any atom is 0.300 e. The Labute approximate surface area is 210 Å². The first-order chi connectivity index (χ1) is 17.5. The molecule has 1 atom stereocenters. The Kier molecular flexibility index (Phi) is 7.59. The van der Waals surface area contributed by atoms with Crippen LogP contribution in [0.3, 0.4) is 0 Å². The number of ketones is 1. The van der Waals surface area contributed by atoms with E-state index in [9.17, 15) is 14.7 Å². The summed E-state index contributed by atoms with van der Waals surface area (Å²) in [5.41, 5.74) is 1.53. The van der Waals surface area contributed by atoms with Gasteiger partial charge in [-0.1, -0.05) is 24.3 Å². The first-order valence-electron chi connectivity index (χ1n) is 12.0. The molecule has 7 nitrogen and oxygen atoms in total. The molecule has 0 aliphatic carbocycles. The molecule has 1 aliphatic rings. The molecular weight excluding hydrogens is 458 g/mol. The van der Waals surface area contributed by atoms with Gasteiger partial charge in [0.2, 0.25) is 0 Å². The maximum absolute atomic E-state index is 13.4. The SMILES string of the molecule is CCOc1ccc(N2C(=O)C(=O)/C(=C(\O)c3cccc(OCC)c3)C2c2cccc(OCC)c2)cc1. The maximum atomic E-state index is 13.4. The highest BCUT2D eigenvalue weighted by Gasteiger charge is 2.47. The topological polar surface area (TPSA) is 85.3 Å². The molecule has 4 rings (SSSR count). The zero-order valence-electron chi connectivity index (χ0n) is 20.6. The zero-order valence-corrected chi connectivity index (χ0v) is 20.6. The molecule has 3 aromatic carbocycles. The second-order valence-electron chi connectivity index (χ2n) is 8.06. The van der Waals surface area contributed by atoms with Crippen LogP contribution in [-0.4, -0.2) is 36.6 Å². The van der Waals surface area contributed by atoms with Gasteiger partial charge in [-0.15, -0.1) is 0 Å². The third kappa shape index (κ3) is 4.91. The smallest absolute Gasteiger partial charge is 0.300 e. The van der Waals surface area contributed by atoms with Crippen molar-refractivity contribution in [2.45, 2.75) is 26.8 Å². The standard InChI is InChI=1S/C29H29NO6/c1-4-34-22-15-13-21(14-16-22)30-26(19-9-7-11-23(17-19)35-5-2)25(28(32)29(30)33)27(31)20-10-8-12-24(18-20)36-6-3/h7-18,26,31H,4-6H2,1-3H3/b27-25-. The number of hydrogen-bond acceptors (Lipinski definition) is 6. The first-order valence-corrected chi connectivity index (χ1v) is 12.0. The van der Waals surface area contributed by atoms with Crippen LogP contribution in [0.1, 0.15) is 37.9 Å². The summed E-state index contributed by atoms with van der Waals surface area (Å²) in [6.07, 6.45) is 0. The Morgan fingerprint density at radius 3 is 2.00 bits per heavy atom. The Hall–Kier alpha value is -4.26. The fourth-order valence-electron chi connectivity index (χ4n) is 4.28. The van der Waals surface area contributed by atoms with Gasteiger partial charge in [-0.05, 0) is 74.9 Å². The molecule has 1 aliphatic heterocycles. The number of nitrogens with zero attached hydrogens (tertiary/aromatic N) is 1. The largest absolute Gasteiger partial charge is 0.507 e. The summed E-state index contributed by atoms with van der Waals surface area (Å²) in [5.74, 6) is 0.0434. The lowest BCUT2D eigenvalue weighted by Gasteiger charge is -2.26. The van der Waals surface area contributed by atoms with Crippen molar-refractivity contribution in [3.8, 4) is 17.2 Å². The van der Waals surface area contributed by atoms with Crippen LogP contribution in [0.5, 0.6) is 17.2 Å². The van der Waals surface area contributed by atoms with Crippen molar-refractivity contribution in [2.75, 3.05) is 24.7 Å². The van der Waals surface area contributed by atoms with Crippen LogP contribution in [0.15, 0.2) is 78.4 Å². The summed E-state index contributed by atoms with van der Waals surface area (Å²) < 4.78 is 16.8. The summed E-state index contributed by atoms with van der Waals surface area (Å²) in [6, 6.07) is 20.1. The molecule has 0 bridgehead atoms. The quantitative estimate of drug-likeness (QED) is 0.243. The molecule has 1 unspecified atom stereocenters. The molecule has 0 aromatic heterocycles. The number of aliphatic hydroxyl groups is 1. The fourth-order valence-corrected chi connectivity index (χ4v) is 4.28. The molecule has 1 amide bonds. The molecule has 7 heteroatoms. The van der Waals surface area contributed by atoms with Gasteiger partial charge in [0.1, 0.15) is 23.0 Å². The van der Waals surface area contributed by atoms with E-state index in [0.29, 0.717) is 53.9 Å². The number of Topliss-reactive ketones (excluding diaryl/α,β-unsaturated/α-hetero) is 1. The van der Waals surface area contributed by atoms with Gasteiger partial charge in [-0.2, -0.15) is 0 Å². The van der Waals surface area contributed by atoms with Crippen molar-refractivity contribution in [2.24, 2.45) is 0 Å². The molecule has 36 heavy (non-hydrogen) atoms. The van der Waals surface area contributed by atoms with Gasteiger partial charge in [-0.3, -0.25) is 14.5 Å². The molecule has 0 saturated carbocycles. The highest BCUT2D eigenvalue weighted by molar-refractivity contribution is 6.51. The minimum Gasteiger partial charge on any atom is -0.507 e. The summed E-state index contributed by atoms with van der Waals surface area (Å²) >= 11 is 0. The number of ether oxygens (including phenoxy) is 3. The summed E-state index contributed by atoms with van der Waals surface area (Å²) in [7, 11) is 0. The number of anilines is 1. The Bertz CT molecular complexity index is 1280. The fraction of sp³-hybridized carbons (Fsp3) is 0.241. The minimum absolute atomic E-state index is 0.00354. The Morgan fingerprint density at radius 1 is 0.778 bits per heavy atom. The lowest BCUT2D eigenvalue weighted by molar-refractivity contribution is -0.132. The minimum atomic E-state index is -0.862. The summed E-state index contributed by atoms with van der Waals surface area (Å²) in [6.45, 7) is 7.06. The predicted octanol–water partition coefficient (Wildman–Crippen LogP) is 5.51. The van der Waals surface area contributed by atoms with Crippen LogP contribution in [0.2, 0.25) is 0 Å². The summed E-state index contributed by atoms with van der Waals surface area (Å²) in [5, 5.41) is 11.4. The number of amides is 1. The molecule has 1 heterocycles. The zero-order chi connectivity index (χ0) is 25.7. The van der Waals surface area contributed by atoms with E-state index in [2.05, 4.69) is 0 Å². The highest BCUT2D eigenvalue weighted by Crippen LogP contribution is 2.43. The van der Waals surface area contributed by atoms with Gasteiger partial charge in [-0.25, -0.2) is 0 Å². The number of benzene rings is 3. The van der Waals surface area contributed by atoms with Crippen LogP contribution in [0.4, 0.5) is 5.69 Å². The van der Waals surface area contributed by atoms with Gasteiger partial charge >= 0.3 is 0 Å². The molecular formula is C29H29NO6. The first kappa shape index (κ1) is 24.9. The molecule has 3 aromatic rings. The average Bonchev–Trinajstić information content (AvgIpc) is 3.15. The van der Waals surface area contributed by atoms with Gasteiger partial charge in [0.05, 0.1) is 31.4 Å². The average molecular weight is 488 g/mol. The van der Waals surface area contributed by atoms with Crippen molar-refractivity contribution in [3.63, 3.8) is 0 Å². The van der Waals surface area contributed by atoms with Crippen molar-refractivity contribution in [1.29, 1.82) is 0 Å². The number of carbonyl (C=O) groups excluding carboxylic acids is 2. The van der Waals surface area contributed by atoms with E-state index in [0.717, 1.165) is 0 Å². The molecule has 0 radical (unpaired) electrons. The van der Waals surface area contributed by atoms with Crippen molar-refractivity contribution < 1.29 is 28.9 Å². The van der Waals surface area contributed by atoms with Crippen LogP contribution in [0, 0.1) is 0 Å². The molecule has 1 fully saturated rings. The molecule has 186 valence electrons. The van der Waals surface area contributed by atoms with Crippen LogP contribution in [0.25, 0.3) is 5.76 Å². The van der Waals surface area contributed by atoms with Gasteiger partial charge in [0.15, 0.2) is 0 Å². The van der Waals surface area contributed by atoms with Gasteiger partial charge in [0.25, 0.3) is 11.7 Å². The van der Waals surface area contributed by atoms with Crippen molar-refractivity contribution in [3.05, 3.63) is 89.5 Å². The third-order valence-corrected chi connectivity index (χ3v) is 5.77. The van der Waals surface area contributed by atoms with Crippen LogP contribution < -0.4 is 19.1 Å². The lowest BCUT2D eigenvalue weighted by Crippen LogP contribution is -2.29. The van der Waals surface area contributed by atoms with E-state index in [1.807, 2.05) is 32.9 Å². The van der Waals surface area contributed by atoms with E-state index >= 15 is 0 Å². The third-order valence-electron chi connectivity index (χ3n) is 5.77. The molecule has 0 spiro atoms. The van der Waals surface area contributed by atoms with Crippen LogP contribution >= 0.6 is 0 Å². The molecule has 1 saturated heterocycles. The van der Waals surface area contributed by atoms with E-state index < -0.39 is 17.7 Å². The van der Waals surface area contributed by atoms with Crippen LogP contribution in [-0.2, 0) is 9.59 Å². The Morgan fingerprint density at radius 2 is 1.36 bits per heavy atom. The van der Waals surface area contributed by atoms with E-state index in [1.165, 1.54) is 4.90 Å². The highest BCUT2D eigenvalue weighted by atomic mass is 16.5. The predicted molar refractivity (Wildman–Crippen MR) is 138 cm³/mol. The van der Waals surface area contributed by atoms with Gasteiger partial charge in [0, 0.05) is 11.3 Å². The van der Waals surface area contributed by atoms with E-state index in [1.54, 1.807) is 60.7 Å². The van der Waals surface area contributed by atoms with Crippen molar-refractivity contribution in [1.82, 2.24) is 0 Å². The van der Waals surface area contributed by atoms with Gasteiger partial charge < -0.3 is 19.3 Å². The molecule has 1 N–H and O–H groups in total. The van der Waals surface area contributed by atoms with Crippen molar-refractivity contribution >= 4 is 23.1 Å². The number of rotatable bonds is 9. The summed E-state index contributed by atoms with van der Waals surface area (Å²) in [4.78, 5) is 28.2. The normalized spacial score (nSPS) is 16.8. The number of hydrogen-bond donors (Lipinski definition) is 1.